The van der Waals surface area contributed by atoms with Crippen LogP contribution in [-0.2, 0) is 16.6 Å². The van der Waals surface area contributed by atoms with E-state index in [0.29, 0.717) is 31.3 Å². The van der Waals surface area contributed by atoms with E-state index in [1.807, 2.05) is 0 Å². The van der Waals surface area contributed by atoms with Crippen molar-refractivity contribution in [3.8, 4) is 0 Å². The Balaban J connectivity index is 1.88. The number of aryl methyl sites for hydroxylation is 1. The summed E-state index contributed by atoms with van der Waals surface area (Å²) in [6.07, 6.45) is 3.68. The van der Waals surface area contributed by atoms with Crippen LogP contribution in [0.3, 0.4) is 0 Å². The van der Waals surface area contributed by atoms with Crippen molar-refractivity contribution in [3.05, 3.63) is 24.0 Å². The van der Waals surface area contributed by atoms with Crippen molar-refractivity contribution in [2.24, 2.45) is 13.0 Å². The average Bonchev–Trinajstić information content (AvgIpc) is 3.06. The molecule has 5 heteroatoms. The maximum atomic E-state index is 12.2. The van der Waals surface area contributed by atoms with Gasteiger partial charge in [-0.2, -0.15) is 0 Å². The Labute approximate surface area is 119 Å². The van der Waals surface area contributed by atoms with Crippen LogP contribution in [0.1, 0.15) is 30.3 Å². The zero-order chi connectivity index (χ0) is 14.5. The first-order valence-corrected chi connectivity index (χ1v) is 7.16. The van der Waals surface area contributed by atoms with Crippen molar-refractivity contribution >= 4 is 11.7 Å². The second-order valence-corrected chi connectivity index (χ2v) is 5.31. The molecule has 1 unspecified atom stereocenters. The van der Waals surface area contributed by atoms with Gasteiger partial charge >= 0.3 is 0 Å². The van der Waals surface area contributed by atoms with Crippen molar-refractivity contribution in [3.63, 3.8) is 0 Å². The van der Waals surface area contributed by atoms with E-state index >= 15 is 0 Å². The molecule has 1 aromatic rings. The van der Waals surface area contributed by atoms with Gasteiger partial charge in [-0.15, -0.1) is 0 Å². The largest absolute Gasteiger partial charge is 0.381 e. The molecule has 5 nitrogen and oxygen atoms in total. The first-order valence-electron chi connectivity index (χ1n) is 7.16. The molecule has 2 rings (SSSR count). The van der Waals surface area contributed by atoms with Crippen molar-refractivity contribution in [1.29, 1.82) is 0 Å². The number of hydrogen-bond donors (Lipinski definition) is 0. The van der Waals surface area contributed by atoms with Gasteiger partial charge in [0.2, 0.25) is 0 Å². The highest BCUT2D eigenvalue weighted by atomic mass is 16.5. The molecule has 1 atom stereocenters. The van der Waals surface area contributed by atoms with Crippen LogP contribution < -0.4 is 0 Å². The summed E-state index contributed by atoms with van der Waals surface area (Å²) in [6.45, 7) is 4.78. The lowest BCUT2D eigenvalue weighted by Crippen LogP contribution is -2.35. The molecule has 0 radical (unpaired) electrons. The Hall–Kier alpha value is -1.62. The van der Waals surface area contributed by atoms with Crippen molar-refractivity contribution < 1.29 is 14.3 Å². The first-order chi connectivity index (χ1) is 9.63. The first kappa shape index (κ1) is 14.8. The standard InChI is InChI=1S/C15H22N2O3/c1-3-9-20-11-12-6-8-17(10-12)15(19)14(18)13-5-4-7-16(13)2/h4-5,7,12H,3,6,8-11H2,1-2H3. The predicted octanol–water partition coefficient (Wildman–Crippen LogP) is 1.48. The highest BCUT2D eigenvalue weighted by molar-refractivity contribution is 6.42. The van der Waals surface area contributed by atoms with Crippen LogP contribution in [0.2, 0.25) is 0 Å². The Morgan fingerprint density at radius 2 is 2.25 bits per heavy atom. The molecule has 1 fully saturated rings. The summed E-state index contributed by atoms with van der Waals surface area (Å²) < 4.78 is 7.20. The van der Waals surface area contributed by atoms with Gasteiger partial charge in [-0.25, -0.2) is 0 Å². The Kier molecular flexibility index (Phi) is 4.95. The fourth-order valence-corrected chi connectivity index (χ4v) is 2.50. The number of amides is 1. The van der Waals surface area contributed by atoms with Crippen LogP contribution in [0.25, 0.3) is 0 Å². The molecular formula is C15H22N2O3. The van der Waals surface area contributed by atoms with Gasteiger partial charge in [0.1, 0.15) is 0 Å². The summed E-state index contributed by atoms with van der Waals surface area (Å²) in [5, 5.41) is 0. The summed E-state index contributed by atoms with van der Waals surface area (Å²) in [6, 6.07) is 3.45. The number of carbonyl (C=O) groups excluding carboxylic acids is 2. The lowest BCUT2D eigenvalue weighted by atomic mass is 10.1. The van der Waals surface area contributed by atoms with Crippen LogP contribution >= 0.6 is 0 Å². The summed E-state index contributed by atoms with van der Waals surface area (Å²) in [4.78, 5) is 26.0. The van der Waals surface area contributed by atoms with Crippen LogP contribution in [0, 0.1) is 5.92 Å². The molecule has 0 aromatic carbocycles. The maximum absolute atomic E-state index is 12.2. The fourth-order valence-electron chi connectivity index (χ4n) is 2.50. The molecule has 0 spiro atoms. The van der Waals surface area contributed by atoms with Gasteiger partial charge in [-0.1, -0.05) is 6.92 Å². The average molecular weight is 278 g/mol. The van der Waals surface area contributed by atoms with E-state index in [4.69, 9.17) is 4.74 Å². The van der Waals surface area contributed by atoms with Crippen molar-refractivity contribution in [2.45, 2.75) is 19.8 Å². The van der Waals surface area contributed by atoms with Gasteiger partial charge in [-0.3, -0.25) is 9.59 Å². The van der Waals surface area contributed by atoms with Gasteiger partial charge in [0.05, 0.1) is 12.3 Å². The fraction of sp³-hybridized carbons (Fsp3) is 0.600. The van der Waals surface area contributed by atoms with Crippen molar-refractivity contribution in [1.82, 2.24) is 9.47 Å². The number of likely N-dealkylation sites (tertiary alicyclic amines) is 1. The molecule has 1 aromatic heterocycles. The maximum Gasteiger partial charge on any atom is 0.296 e. The van der Waals surface area contributed by atoms with Gasteiger partial charge in [0.15, 0.2) is 0 Å². The highest BCUT2D eigenvalue weighted by Gasteiger charge is 2.31. The van der Waals surface area contributed by atoms with Gasteiger partial charge in [-0.05, 0) is 25.0 Å². The number of aromatic nitrogens is 1. The van der Waals surface area contributed by atoms with E-state index < -0.39 is 11.7 Å². The van der Waals surface area contributed by atoms with Crippen LogP contribution in [0.15, 0.2) is 18.3 Å². The Bertz CT molecular complexity index is 481. The molecule has 1 saturated heterocycles. The minimum Gasteiger partial charge on any atom is -0.381 e. The third kappa shape index (κ3) is 3.28. The van der Waals surface area contributed by atoms with E-state index in [-0.39, 0.29) is 0 Å². The third-order valence-corrected chi connectivity index (χ3v) is 3.65. The number of Topliss-reactive ketones (excluding diaryl/α,β-unsaturated/α-hetero) is 1. The Morgan fingerprint density at radius 1 is 1.45 bits per heavy atom. The third-order valence-electron chi connectivity index (χ3n) is 3.65. The zero-order valence-electron chi connectivity index (χ0n) is 12.2. The lowest BCUT2D eigenvalue weighted by molar-refractivity contribution is -0.125. The van der Waals surface area contributed by atoms with E-state index in [1.54, 1.807) is 34.8 Å². The SMILES string of the molecule is CCCOCC1CCN(C(=O)C(=O)c2cccn2C)C1. The van der Waals surface area contributed by atoms with Gasteiger partial charge in [0, 0.05) is 38.9 Å². The van der Waals surface area contributed by atoms with Crippen LogP contribution in [-0.4, -0.2) is 47.5 Å². The number of hydrogen-bond acceptors (Lipinski definition) is 3. The van der Waals surface area contributed by atoms with Crippen LogP contribution in [0.5, 0.6) is 0 Å². The molecule has 110 valence electrons. The second kappa shape index (κ2) is 6.70. The highest BCUT2D eigenvalue weighted by Crippen LogP contribution is 2.18. The Morgan fingerprint density at radius 3 is 2.90 bits per heavy atom. The molecule has 1 aliphatic rings. The molecule has 0 saturated carbocycles. The van der Waals surface area contributed by atoms with E-state index in [9.17, 15) is 9.59 Å². The number of rotatable bonds is 6. The van der Waals surface area contributed by atoms with Gasteiger partial charge in [0.25, 0.3) is 11.7 Å². The number of carbonyl (C=O) groups is 2. The number of ketones is 1. The van der Waals surface area contributed by atoms with E-state index in [1.165, 1.54) is 0 Å². The molecule has 1 aliphatic heterocycles. The normalized spacial score (nSPS) is 18.5. The van der Waals surface area contributed by atoms with E-state index in [0.717, 1.165) is 19.4 Å². The quantitative estimate of drug-likeness (QED) is 0.450. The predicted molar refractivity (Wildman–Crippen MR) is 75.5 cm³/mol. The summed E-state index contributed by atoms with van der Waals surface area (Å²) in [7, 11) is 1.77. The van der Waals surface area contributed by atoms with Gasteiger partial charge < -0.3 is 14.2 Å². The minimum absolute atomic E-state index is 0.353. The number of ether oxygens (including phenoxy) is 1. The molecule has 20 heavy (non-hydrogen) atoms. The monoisotopic (exact) mass is 278 g/mol. The van der Waals surface area contributed by atoms with E-state index in [2.05, 4.69) is 6.92 Å². The summed E-state index contributed by atoms with van der Waals surface area (Å²) >= 11 is 0. The molecule has 0 aliphatic carbocycles. The smallest absolute Gasteiger partial charge is 0.296 e. The molecule has 0 N–H and O–H groups in total. The lowest BCUT2D eigenvalue weighted by Gasteiger charge is -2.16. The number of nitrogens with zero attached hydrogens (tertiary/aromatic N) is 2. The molecule has 2 heterocycles. The summed E-state index contributed by atoms with van der Waals surface area (Å²) in [5.41, 5.74) is 0.445. The summed E-state index contributed by atoms with van der Waals surface area (Å²) in [5.74, 6) is -0.468. The molecule has 0 bridgehead atoms. The second-order valence-electron chi connectivity index (χ2n) is 5.31. The minimum atomic E-state index is -0.423. The van der Waals surface area contributed by atoms with Crippen molar-refractivity contribution in [2.75, 3.05) is 26.3 Å². The van der Waals surface area contributed by atoms with Crippen LogP contribution in [0.4, 0.5) is 0 Å². The zero-order valence-corrected chi connectivity index (χ0v) is 12.2. The molecular weight excluding hydrogens is 256 g/mol. The topological polar surface area (TPSA) is 51.5 Å². The molecule has 1 amide bonds.